The number of hydrogen-bond donors (Lipinski definition) is 0. The Hall–Kier alpha value is -1.07. The van der Waals surface area contributed by atoms with Crippen molar-refractivity contribution in [2.75, 3.05) is 20.8 Å². The fourth-order valence-corrected chi connectivity index (χ4v) is 2.92. The Balaban J connectivity index is 2.35. The van der Waals surface area contributed by atoms with Crippen LogP contribution in [0.2, 0.25) is 0 Å². The number of ketones is 1. The van der Waals surface area contributed by atoms with E-state index in [0.717, 1.165) is 12.8 Å². The highest BCUT2D eigenvalue weighted by molar-refractivity contribution is 9.10. The minimum atomic E-state index is -0.366. The lowest BCUT2D eigenvalue weighted by Gasteiger charge is -2.18. The highest BCUT2D eigenvalue weighted by atomic mass is 79.9. The van der Waals surface area contributed by atoms with Crippen LogP contribution in [0.5, 0.6) is 11.5 Å². The topological polar surface area (TPSA) is 44.8 Å². The Labute approximate surface area is 127 Å². The van der Waals surface area contributed by atoms with Crippen molar-refractivity contribution in [3.63, 3.8) is 0 Å². The second-order valence-corrected chi connectivity index (χ2v) is 5.53. The summed E-state index contributed by atoms with van der Waals surface area (Å²) in [4.78, 5) is 12.7. The van der Waals surface area contributed by atoms with Gasteiger partial charge in [-0.15, -0.1) is 0 Å². The third kappa shape index (κ3) is 2.99. The first-order valence-corrected chi connectivity index (χ1v) is 7.49. The van der Waals surface area contributed by atoms with E-state index < -0.39 is 0 Å². The highest BCUT2D eigenvalue weighted by Crippen LogP contribution is 2.41. The van der Waals surface area contributed by atoms with Crippen molar-refractivity contribution in [3.05, 3.63) is 22.2 Å². The molecule has 0 amide bonds. The van der Waals surface area contributed by atoms with Gasteiger partial charge < -0.3 is 14.2 Å². The van der Waals surface area contributed by atoms with E-state index in [-0.39, 0.29) is 11.9 Å². The average Bonchev–Trinajstić information content (AvgIpc) is 3.28. The zero-order valence-electron chi connectivity index (χ0n) is 11.9. The van der Waals surface area contributed by atoms with Gasteiger partial charge in [-0.3, -0.25) is 4.79 Å². The molecule has 1 saturated carbocycles. The summed E-state index contributed by atoms with van der Waals surface area (Å²) in [6.07, 6.45) is 1.74. The molecule has 0 aromatic heterocycles. The zero-order chi connectivity index (χ0) is 14.7. The maximum absolute atomic E-state index is 12.7. The van der Waals surface area contributed by atoms with Gasteiger partial charge in [0.15, 0.2) is 5.78 Å². The fourth-order valence-electron chi connectivity index (χ4n) is 2.25. The maximum atomic E-state index is 12.7. The molecule has 1 aliphatic rings. The third-order valence-electron chi connectivity index (χ3n) is 3.41. The molecule has 0 N–H and O–H groups in total. The SMILES string of the molecule is CCOC(C(=O)c1ccc(OC)c(Br)c1OC)C1CC1. The molecule has 1 fully saturated rings. The van der Waals surface area contributed by atoms with Crippen molar-refractivity contribution in [1.29, 1.82) is 0 Å². The normalized spacial score (nSPS) is 15.8. The summed E-state index contributed by atoms with van der Waals surface area (Å²) in [7, 11) is 3.12. The second kappa shape index (κ2) is 6.59. The van der Waals surface area contributed by atoms with Crippen molar-refractivity contribution in [3.8, 4) is 11.5 Å². The maximum Gasteiger partial charge on any atom is 0.195 e. The summed E-state index contributed by atoms with van der Waals surface area (Å²) in [6.45, 7) is 2.44. The molecular weight excluding hydrogens is 324 g/mol. The molecule has 0 radical (unpaired) electrons. The quantitative estimate of drug-likeness (QED) is 0.711. The molecule has 1 aromatic rings. The van der Waals surface area contributed by atoms with Crippen LogP contribution in [-0.4, -0.2) is 32.7 Å². The van der Waals surface area contributed by atoms with Gasteiger partial charge in [0.05, 0.1) is 19.8 Å². The van der Waals surface area contributed by atoms with Gasteiger partial charge in [-0.2, -0.15) is 0 Å². The van der Waals surface area contributed by atoms with Gasteiger partial charge in [-0.25, -0.2) is 0 Å². The Morgan fingerprint density at radius 1 is 1.35 bits per heavy atom. The number of rotatable bonds is 7. The molecule has 0 saturated heterocycles. The van der Waals surface area contributed by atoms with E-state index in [4.69, 9.17) is 14.2 Å². The third-order valence-corrected chi connectivity index (χ3v) is 4.16. The molecular formula is C15H19BrO4. The highest BCUT2D eigenvalue weighted by Gasteiger charge is 2.38. The molecule has 110 valence electrons. The first kappa shape index (κ1) is 15.3. The Morgan fingerprint density at radius 2 is 2.05 bits per heavy atom. The first-order valence-electron chi connectivity index (χ1n) is 6.70. The lowest BCUT2D eigenvalue weighted by Crippen LogP contribution is -2.27. The monoisotopic (exact) mass is 342 g/mol. The van der Waals surface area contributed by atoms with Crippen LogP contribution in [0.3, 0.4) is 0 Å². The molecule has 20 heavy (non-hydrogen) atoms. The van der Waals surface area contributed by atoms with E-state index in [9.17, 15) is 4.79 Å². The summed E-state index contributed by atoms with van der Waals surface area (Å²) < 4.78 is 16.9. The van der Waals surface area contributed by atoms with Gasteiger partial charge in [0, 0.05) is 6.61 Å². The summed E-state index contributed by atoms with van der Waals surface area (Å²) in [6, 6.07) is 3.49. The number of benzene rings is 1. The van der Waals surface area contributed by atoms with E-state index in [2.05, 4.69) is 15.9 Å². The molecule has 1 aromatic carbocycles. The molecule has 0 aliphatic heterocycles. The van der Waals surface area contributed by atoms with Crippen LogP contribution >= 0.6 is 15.9 Å². The number of Topliss-reactive ketones (excluding diaryl/α,β-unsaturated/α-hetero) is 1. The van der Waals surface area contributed by atoms with Crippen LogP contribution in [0, 0.1) is 5.92 Å². The van der Waals surface area contributed by atoms with Crippen LogP contribution < -0.4 is 9.47 Å². The van der Waals surface area contributed by atoms with Gasteiger partial charge in [0.2, 0.25) is 0 Å². The Morgan fingerprint density at radius 3 is 2.55 bits per heavy atom. The molecule has 0 spiro atoms. The number of hydrogen-bond acceptors (Lipinski definition) is 4. The van der Waals surface area contributed by atoms with Gasteiger partial charge in [-0.1, -0.05) is 0 Å². The summed E-state index contributed by atoms with van der Waals surface area (Å²) >= 11 is 3.42. The second-order valence-electron chi connectivity index (χ2n) is 4.74. The summed E-state index contributed by atoms with van der Waals surface area (Å²) in [5.74, 6) is 1.46. The van der Waals surface area contributed by atoms with Gasteiger partial charge in [-0.05, 0) is 53.7 Å². The van der Waals surface area contributed by atoms with Gasteiger partial charge in [0.1, 0.15) is 22.1 Å². The molecule has 2 rings (SSSR count). The zero-order valence-corrected chi connectivity index (χ0v) is 13.5. The molecule has 5 heteroatoms. The Bertz CT molecular complexity index is 497. The van der Waals surface area contributed by atoms with Crippen LogP contribution in [0.1, 0.15) is 30.1 Å². The molecule has 1 atom stereocenters. The van der Waals surface area contributed by atoms with E-state index >= 15 is 0 Å². The fraction of sp³-hybridized carbons (Fsp3) is 0.533. The number of ether oxygens (including phenoxy) is 3. The van der Waals surface area contributed by atoms with E-state index in [1.165, 1.54) is 0 Å². The molecule has 1 aliphatic carbocycles. The predicted molar refractivity (Wildman–Crippen MR) is 79.7 cm³/mol. The lowest BCUT2D eigenvalue weighted by atomic mass is 10.0. The number of methoxy groups -OCH3 is 2. The van der Waals surface area contributed by atoms with Gasteiger partial charge in [0.25, 0.3) is 0 Å². The molecule has 1 unspecified atom stereocenters. The van der Waals surface area contributed by atoms with Crippen LogP contribution in [0.25, 0.3) is 0 Å². The van der Waals surface area contributed by atoms with E-state index in [1.54, 1.807) is 26.4 Å². The summed E-state index contributed by atoms with van der Waals surface area (Å²) in [5, 5.41) is 0. The first-order chi connectivity index (χ1) is 9.63. The van der Waals surface area contributed by atoms with Crippen LogP contribution in [0.4, 0.5) is 0 Å². The minimum Gasteiger partial charge on any atom is -0.495 e. The molecule has 0 heterocycles. The van der Waals surface area contributed by atoms with Gasteiger partial charge >= 0.3 is 0 Å². The average molecular weight is 343 g/mol. The van der Waals surface area contributed by atoms with Crippen LogP contribution in [-0.2, 0) is 4.74 Å². The number of carbonyl (C=O) groups excluding carboxylic acids is 1. The smallest absolute Gasteiger partial charge is 0.195 e. The van der Waals surface area contributed by atoms with Crippen molar-refractivity contribution in [2.45, 2.75) is 25.9 Å². The predicted octanol–water partition coefficient (Wildman–Crippen LogP) is 3.46. The van der Waals surface area contributed by atoms with Crippen molar-refractivity contribution in [1.82, 2.24) is 0 Å². The van der Waals surface area contributed by atoms with Crippen molar-refractivity contribution < 1.29 is 19.0 Å². The largest absolute Gasteiger partial charge is 0.495 e. The lowest BCUT2D eigenvalue weighted by molar-refractivity contribution is 0.0372. The van der Waals surface area contributed by atoms with Crippen molar-refractivity contribution >= 4 is 21.7 Å². The minimum absolute atomic E-state index is 0.0189. The van der Waals surface area contributed by atoms with E-state index in [1.807, 2.05) is 6.92 Å². The summed E-state index contributed by atoms with van der Waals surface area (Å²) in [5.41, 5.74) is 0.533. The van der Waals surface area contributed by atoms with E-state index in [0.29, 0.717) is 34.1 Å². The number of halogens is 1. The van der Waals surface area contributed by atoms with Crippen LogP contribution in [0.15, 0.2) is 16.6 Å². The van der Waals surface area contributed by atoms with Crippen molar-refractivity contribution in [2.24, 2.45) is 5.92 Å². The molecule has 4 nitrogen and oxygen atoms in total. The molecule has 0 bridgehead atoms. The Kier molecular flexibility index (Phi) is 5.05. The number of carbonyl (C=O) groups is 1. The standard InChI is InChI=1S/C15H19BrO4/c1-4-20-14(9-5-6-9)13(17)10-7-8-11(18-2)12(16)15(10)19-3/h7-9,14H,4-6H2,1-3H3.